The molecular weight excluding hydrogens is 543 g/mol. The number of pyridine rings is 1. The predicted molar refractivity (Wildman–Crippen MR) is 147 cm³/mol. The fraction of sp³-hybridized carbons (Fsp3) is 0.333. The Morgan fingerprint density at radius 3 is 2.33 bits per heavy atom. The van der Waals surface area contributed by atoms with Gasteiger partial charge < -0.3 is 20.1 Å². The molecule has 2 heterocycles. The van der Waals surface area contributed by atoms with Gasteiger partial charge in [0.1, 0.15) is 5.82 Å². The largest absolute Gasteiger partial charge is 0.481 e. The predicted octanol–water partition coefficient (Wildman–Crippen LogP) is 3.51. The van der Waals surface area contributed by atoms with Gasteiger partial charge in [-0.2, -0.15) is 0 Å². The molecule has 3 rings (SSSR count). The van der Waals surface area contributed by atoms with Crippen LogP contribution in [0.4, 0.5) is 16.0 Å². The van der Waals surface area contributed by atoms with Crippen molar-refractivity contribution in [3.63, 3.8) is 0 Å². The van der Waals surface area contributed by atoms with Crippen LogP contribution in [-0.2, 0) is 14.8 Å². The van der Waals surface area contributed by atoms with Crippen LogP contribution >= 0.6 is 0 Å². The number of ether oxygens (including phenoxy) is 1. The third kappa shape index (κ3) is 7.81. The SMILES string of the molecule is COc1ccc(N(c2nc(-c3ccc(F)cc3)c(C=C[C@@H](O)C[C@@H](O)CC(=O)O)c(C(C)C)n2)S(C)(=O)=O)cn1. The number of carboxylic acids is 1. The molecule has 0 amide bonds. The van der Waals surface area contributed by atoms with Crippen molar-refractivity contribution in [2.75, 3.05) is 17.7 Å². The number of aromatic nitrogens is 3. The molecule has 3 aromatic rings. The Kier molecular flexibility index (Phi) is 9.90. The average Bonchev–Trinajstić information content (AvgIpc) is 2.87. The summed E-state index contributed by atoms with van der Waals surface area (Å²) < 4.78 is 45.7. The Hall–Kier alpha value is -3.94. The summed E-state index contributed by atoms with van der Waals surface area (Å²) in [5, 5.41) is 29.2. The van der Waals surface area contributed by atoms with Gasteiger partial charge in [0.05, 0.1) is 55.3 Å². The summed E-state index contributed by atoms with van der Waals surface area (Å²) in [7, 11) is -2.54. The van der Waals surface area contributed by atoms with E-state index in [9.17, 15) is 27.8 Å². The van der Waals surface area contributed by atoms with Crippen molar-refractivity contribution < 1.29 is 37.7 Å². The van der Waals surface area contributed by atoms with Crippen LogP contribution in [0.2, 0.25) is 0 Å². The van der Waals surface area contributed by atoms with E-state index in [-0.39, 0.29) is 35.5 Å². The minimum absolute atomic E-state index is 0.161. The van der Waals surface area contributed by atoms with Crippen molar-refractivity contribution in [2.24, 2.45) is 0 Å². The Bertz CT molecular complexity index is 1460. The van der Waals surface area contributed by atoms with Crippen LogP contribution in [0.1, 0.15) is 43.9 Å². The van der Waals surface area contributed by atoms with Crippen LogP contribution in [0.5, 0.6) is 5.88 Å². The fourth-order valence-electron chi connectivity index (χ4n) is 3.92. The van der Waals surface area contributed by atoms with E-state index in [1.807, 2.05) is 13.8 Å². The van der Waals surface area contributed by atoms with E-state index in [0.29, 0.717) is 16.8 Å². The smallest absolute Gasteiger partial charge is 0.305 e. The maximum Gasteiger partial charge on any atom is 0.305 e. The summed E-state index contributed by atoms with van der Waals surface area (Å²) in [6.45, 7) is 3.68. The number of nitrogens with zero attached hydrogens (tertiary/aromatic N) is 4. The zero-order valence-electron chi connectivity index (χ0n) is 22.4. The molecule has 0 aliphatic rings. The number of aliphatic carboxylic acids is 1. The third-order valence-corrected chi connectivity index (χ3v) is 6.75. The molecule has 0 saturated heterocycles. The van der Waals surface area contributed by atoms with Crippen molar-refractivity contribution in [3.05, 3.63) is 65.7 Å². The third-order valence-electron chi connectivity index (χ3n) is 5.71. The summed E-state index contributed by atoms with van der Waals surface area (Å²) in [5.41, 5.74) is 1.73. The highest BCUT2D eigenvalue weighted by atomic mass is 32.2. The first-order valence-electron chi connectivity index (χ1n) is 12.2. The molecule has 0 aliphatic heterocycles. The van der Waals surface area contributed by atoms with Crippen LogP contribution in [0.25, 0.3) is 17.3 Å². The van der Waals surface area contributed by atoms with E-state index in [1.54, 1.807) is 0 Å². The van der Waals surface area contributed by atoms with Crippen molar-refractivity contribution in [3.8, 4) is 17.1 Å². The molecule has 1 aromatic carbocycles. The van der Waals surface area contributed by atoms with Gasteiger partial charge in [-0.15, -0.1) is 0 Å². The Morgan fingerprint density at radius 2 is 1.80 bits per heavy atom. The van der Waals surface area contributed by atoms with Crippen LogP contribution in [-0.4, -0.2) is 70.2 Å². The Labute approximate surface area is 231 Å². The summed E-state index contributed by atoms with van der Waals surface area (Å²) in [6.07, 6.45) is 1.98. The van der Waals surface area contributed by atoms with Crippen LogP contribution in [0.3, 0.4) is 0 Å². The Morgan fingerprint density at radius 1 is 1.12 bits per heavy atom. The van der Waals surface area contributed by atoms with E-state index in [2.05, 4.69) is 15.0 Å². The zero-order chi connectivity index (χ0) is 29.6. The fourth-order valence-corrected chi connectivity index (χ4v) is 4.78. The number of aliphatic hydroxyl groups is 2. The number of carbonyl (C=O) groups is 1. The maximum atomic E-state index is 13.8. The first kappa shape index (κ1) is 30.6. The molecule has 3 N–H and O–H groups in total. The topological polar surface area (TPSA) is 163 Å². The molecule has 0 fully saturated rings. The number of sulfonamides is 1. The molecule has 2 atom stereocenters. The van der Waals surface area contributed by atoms with Crippen LogP contribution < -0.4 is 9.04 Å². The van der Waals surface area contributed by atoms with Crippen LogP contribution in [0, 0.1) is 5.82 Å². The summed E-state index contributed by atoms with van der Waals surface area (Å²) in [4.78, 5) is 24.1. The number of rotatable bonds is 12. The monoisotopic (exact) mass is 574 g/mol. The van der Waals surface area contributed by atoms with Crippen LogP contribution in [0.15, 0.2) is 48.7 Å². The van der Waals surface area contributed by atoms with Crippen molar-refractivity contribution in [1.29, 1.82) is 0 Å². The second kappa shape index (κ2) is 12.9. The molecule has 40 heavy (non-hydrogen) atoms. The maximum absolute atomic E-state index is 13.8. The molecule has 0 unspecified atom stereocenters. The van der Waals surface area contributed by atoms with Crippen molar-refractivity contribution >= 4 is 33.7 Å². The van der Waals surface area contributed by atoms with E-state index >= 15 is 0 Å². The number of hydrogen-bond acceptors (Lipinski definition) is 9. The van der Waals surface area contributed by atoms with Crippen molar-refractivity contribution in [2.45, 2.75) is 44.8 Å². The number of methoxy groups -OCH3 is 1. The van der Waals surface area contributed by atoms with Gasteiger partial charge in [0.25, 0.3) is 0 Å². The van der Waals surface area contributed by atoms with Gasteiger partial charge in [-0.05, 0) is 36.2 Å². The molecule has 2 aromatic heterocycles. The first-order chi connectivity index (χ1) is 18.8. The standard InChI is InChI=1S/C27H31FN4O7S/c1-16(2)25-22(11-10-20(33)13-21(34)14-24(35)36)26(17-5-7-18(28)8-6-17)31-27(30-25)32(40(4,37)38)19-9-12-23(39-3)29-15-19/h5-12,15-16,20-21,33-34H,13-14H2,1-4H3,(H,35,36)/t20-,21-/m1/s1. The van der Waals surface area contributed by atoms with Gasteiger partial charge in [-0.3, -0.25) is 4.79 Å². The number of aliphatic hydroxyl groups excluding tert-OH is 2. The second-order valence-corrected chi connectivity index (χ2v) is 11.2. The lowest BCUT2D eigenvalue weighted by Crippen LogP contribution is -2.27. The molecular formula is C27H31FN4O7S. The average molecular weight is 575 g/mol. The molecule has 11 nitrogen and oxygen atoms in total. The summed E-state index contributed by atoms with van der Waals surface area (Å²) in [6, 6.07) is 8.42. The molecule has 0 spiro atoms. The minimum atomic E-state index is -3.97. The summed E-state index contributed by atoms with van der Waals surface area (Å²) in [5.74, 6) is -1.83. The van der Waals surface area contributed by atoms with Gasteiger partial charge in [0.2, 0.25) is 21.9 Å². The highest BCUT2D eigenvalue weighted by molar-refractivity contribution is 7.92. The molecule has 214 valence electrons. The van der Waals surface area contributed by atoms with E-state index < -0.39 is 40.4 Å². The lowest BCUT2D eigenvalue weighted by atomic mass is 9.97. The first-order valence-corrected chi connectivity index (χ1v) is 14.1. The molecule has 13 heteroatoms. The van der Waals surface area contributed by atoms with E-state index in [0.717, 1.165) is 10.6 Å². The zero-order valence-corrected chi connectivity index (χ0v) is 23.2. The number of carboxylic acid groups (broad SMARTS) is 1. The van der Waals surface area contributed by atoms with Gasteiger partial charge in [0.15, 0.2) is 0 Å². The number of benzene rings is 1. The lowest BCUT2D eigenvalue weighted by Gasteiger charge is -2.23. The molecule has 0 aliphatic carbocycles. The van der Waals surface area contributed by atoms with E-state index in [1.165, 1.54) is 61.9 Å². The quantitative estimate of drug-likeness (QED) is 0.292. The van der Waals surface area contributed by atoms with Crippen molar-refractivity contribution in [1.82, 2.24) is 15.0 Å². The van der Waals surface area contributed by atoms with E-state index in [4.69, 9.17) is 9.84 Å². The van der Waals surface area contributed by atoms with Gasteiger partial charge in [-0.1, -0.05) is 26.0 Å². The number of hydrogen-bond donors (Lipinski definition) is 3. The Balaban J connectivity index is 2.21. The highest BCUT2D eigenvalue weighted by Crippen LogP contribution is 2.34. The summed E-state index contributed by atoms with van der Waals surface area (Å²) >= 11 is 0. The van der Waals surface area contributed by atoms with Gasteiger partial charge >= 0.3 is 5.97 Å². The lowest BCUT2D eigenvalue weighted by molar-refractivity contribution is -0.139. The number of halogens is 1. The molecule has 0 bridgehead atoms. The normalized spacial score (nSPS) is 13.4. The number of anilines is 2. The minimum Gasteiger partial charge on any atom is -0.481 e. The highest BCUT2D eigenvalue weighted by Gasteiger charge is 2.27. The molecule has 0 saturated carbocycles. The molecule has 0 radical (unpaired) electrons. The van der Waals surface area contributed by atoms with Gasteiger partial charge in [-0.25, -0.2) is 32.1 Å². The van der Waals surface area contributed by atoms with Gasteiger partial charge in [0, 0.05) is 23.6 Å². The second-order valence-electron chi connectivity index (χ2n) is 9.33.